The number of esters is 1. The number of aryl methyl sites for hydroxylation is 1. The molecule has 9 nitrogen and oxygen atoms in total. The number of rotatable bonds is 7. The molecule has 42 heavy (non-hydrogen) atoms. The van der Waals surface area contributed by atoms with E-state index in [0.717, 1.165) is 26.7 Å². The van der Waals surface area contributed by atoms with Crippen LogP contribution in [0.15, 0.2) is 53.4 Å². The summed E-state index contributed by atoms with van der Waals surface area (Å²) in [4.78, 5) is 41.6. The Hall–Kier alpha value is -3.61. The van der Waals surface area contributed by atoms with Crippen molar-refractivity contribution in [2.45, 2.75) is 51.2 Å². The molecule has 222 valence electrons. The topological polar surface area (TPSA) is 109 Å². The highest BCUT2D eigenvalue weighted by molar-refractivity contribution is 8.00. The second-order valence-electron chi connectivity index (χ2n) is 10.7. The number of fused-ring (bicyclic) bond motifs is 1. The fourth-order valence-corrected chi connectivity index (χ4v) is 6.46. The largest absolute Gasteiger partial charge is 0.465 e. The van der Waals surface area contributed by atoms with Gasteiger partial charge in [-0.1, -0.05) is 23.8 Å². The monoisotopic (exact) mass is 626 g/mol. The van der Waals surface area contributed by atoms with Gasteiger partial charge < -0.3 is 30.3 Å². The summed E-state index contributed by atoms with van der Waals surface area (Å²) in [5.74, 6) is -0.652. The number of carbonyl (C=O) groups excluding carboxylic acids is 3. The third kappa shape index (κ3) is 8.46. The first-order valence-electron chi connectivity index (χ1n) is 13.3. The summed E-state index contributed by atoms with van der Waals surface area (Å²) in [5.41, 5.74) is 3.38. The van der Waals surface area contributed by atoms with Gasteiger partial charge in [0.05, 0.1) is 25.0 Å². The number of carbonyl (C=O) groups is 3. The van der Waals surface area contributed by atoms with Crippen LogP contribution >= 0.6 is 35.3 Å². The van der Waals surface area contributed by atoms with E-state index in [0.29, 0.717) is 35.2 Å². The molecule has 0 fully saturated rings. The molecule has 1 aliphatic rings. The lowest BCUT2D eigenvalue weighted by Crippen LogP contribution is -2.39. The average Bonchev–Trinajstić information content (AvgIpc) is 3.29. The quantitative estimate of drug-likeness (QED) is 0.150. The molecule has 1 aromatic heterocycles. The highest BCUT2D eigenvalue weighted by Crippen LogP contribution is 2.38. The lowest BCUT2D eigenvalue weighted by Gasteiger charge is -2.30. The highest BCUT2D eigenvalue weighted by Gasteiger charge is 2.32. The standard InChI is InChI=1S/C30H34N4O5S3/c1-18-9-11-19(12-10-18)31-28(40)32-20-7-6-8-21(15-20)41-17-24(35)33-26-25(27(36)38-5)22-13-14-34(16-23(22)42-26)29(37)39-30(2,3)4/h6-12,15H,13-14,16-17H2,1-5H3,(H,33,35)(H2,31,32,40). The first-order valence-corrected chi connectivity index (χ1v) is 15.5. The SMILES string of the molecule is COC(=O)c1c(NC(=O)CSc2cccc(NC(=S)Nc3ccc(C)cc3)c2)sc2c1CCN(C(=O)OC(C)(C)C)C2. The van der Waals surface area contributed by atoms with Crippen molar-refractivity contribution >= 4 is 74.8 Å². The van der Waals surface area contributed by atoms with Gasteiger partial charge in [0.25, 0.3) is 0 Å². The second kappa shape index (κ2) is 13.6. The number of ether oxygens (including phenoxy) is 2. The number of hydrogen-bond acceptors (Lipinski definition) is 8. The predicted octanol–water partition coefficient (Wildman–Crippen LogP) is 6.68. The lowest BCUT2D eigenvalue weighted by molar-refractivity contribution is -0.113. The highest BCUT2D eigenvalue weighted by atomic mass is 32.2. The minimum atomic E-state index is -0.611. The van der Waals surface area contributed by atoms with Crippen LogP contribution in [0.25, 0.3) is 0 Å². The normalized spacial score (nSPS) is 12.6. The molecule has 3 aromatic rings. The summed E-state index contributed by atoms with van der Waals surface area (Å²) in [7, 11) is 1.31. The molecule has 2 amide bonds. The first kappa shape index (κ1) is 31.3. The number of nitrogens with zero attached hydrogens (tertiary/aromatic N) is 1. The van der Waals surface area contributed by atoms with E-state index >= 15 is 0 Å². The van der Waals surface area contributed by atoms with E-state index in [9.17, 15) is 14.4 Å². The molecule has 0 radical (unpaired) electrons. The van der Waals surface area contributed by atoms with E-state index in [4.69, 9.17) is 21.7 Å². The maximum Gasteiger partial charge on any atom is 0.410 e. The third-order valence-electron chi connectivity index (χ3n) is 6.12. The lowest BCUT2D eigenvalue weighted by atomic mass is 10.0. The number of hydrogen-bond donors (Lipinski definition) is 3. The molecule has 2 aromatic carbocycles. The van der Waals surface area contributed by atoms with Crippen LogP contribution in [0.5, 0.6) is 0 Å². The molecule has 4 rings (SSSR count). The minimum Gasteiger partial charge on any atom is -0.465 e. The Morgan fingerprint density at radius 2 is 1.76 bits per heavy atom. The van der Waals surface area contributed by atoms with Gasteiger partial charge in [0.1, 0.15) is 10.6 Å². The molecule has 0 saturated carbocycles. The fourth-order valence-electron chi connectivity index (χ4n) is 4.20. The van der Waals surface area contributed by atoms with E-state index in [1.54, 1.807) is 4.90 Å². The zero-order chi connectivity index (χ0) is 30.4. The summed E-state index contributed by atoms with van der Waals surface area (Å²) in [5, 5.41) is 10.1. The minimum absolute atomic E-state index is 0.128. The van der Waals surface area contributed by atoms with Crippen molar-refractivity contribution in [1.82, 2.24) is 4.90 Å². The number of thiophene rings is 1. The Balaban J connectivity index is 1.37. The van der Waals surface area contributed by atoms with E-state index in [1.807, 2.05) is 76.2 Å². The van der Waals surface area contributed by atoms with Crippen LogP contribution in [-0.4, -0.2) is 53.0 Å². The molecular formula is C30H34N4O5S3. The summed E-state index contributed by atoms with van der Waals surface area (Å²) < 4.78 is 10.5. The molecule has 2 heterocycles. The number of amides is 2. The van der Waals surface area contributed by atoms with Crippen molar-refractivity contribution in [3.63, 3.8) is 0 Å². The van der Waals surface area contributed by atoms with Crippen LogP contribution in [0.3, 0.4) is 0 Å². The smallest absolute Gasteiger partial charge is 0.410 e. The molecule has 1 aliphatic heterocycles. The maximum atomic E-state index is 13.0. The van der Waals surface area contributed by atoms with Crippen LogP contribution in [0.1, 0.15) is 47.1 Å². The average molecular weight is 627 g/mol. The van der Waals surface area contributed by atoms with E-state index in [-0.39, 0.29) is 11.7 Å². The fraction of sp³-hybridized carbons (Fsp3) is 0.333. The molecule has 0 atom stereocenters. The van der Waals surface area contributed by atoms with Crippen molar-refractivity contribution < 1.29 is 23.9 Å². The van der Waals surface area contributed by atoms with Gasteiger partial charge in [-0.15, -0.1) is 23.1 Å². The maximum absolute atomic E-state index is 13.0. The number of thiocarbonyl (C=S) groups is 1. The first-order chi connectivity index (χ1) is 19.9. The summed E-state index contributed by atoms with van der Waals surface area (Å²) in [6.07, 6.45) is 0.0483. The molecule has 3 N–H and O–H groups in total. The third-order valence-corrected chi connectivity index (χ3v) is 8.45. The van der Waals surface area contributed by atoms with Crippen LogP contribution < -0.4 is 16.0 Å². The van der Waals surface area contributed by atoms with E-state index in [1.165, 1.54) is 35.8 Å². The number of benzene rings is 2. The summed E-state index contributed by atoms with van der Waals surface area (Å²) in [6, 6.07) is 15.5. The van der Waals surface area contributed by atoms with Gasteiger partial charge >= 0.3 is 12.1 Å². The van der Waals surface area contributed by atoms with Gasteiger partial charge in [-0.25, -0.2) is 9.59 Å². The molecule has 12 heteroatoms. The van der Waals surface area contributed by atoms with Gasteiger partial charge in [-0.05, 0) is 82.2 Å². The molecular weight excluding hydrogens is 593 g/mol. The number of nitrogens with one attached hydrogen (secondary N) is 3. The van der Waals surface area contributed by atoms with Gasteiger partial charge in [-0.2, -0.15) is 0 Å². The van der Waals surface area contributed by atoms with Crippen LogP contribution in [0, 0.1) is 6.92 Å². The Bertz CT molecular complexity index is 1480. The Kier molecular flexibility index (Phi) is 10.1. The Labute approximate surface area is 259 Å². The van der Waals surface area contributed by atoms with Crippen LogP contribution in [-0.2, 0) is 27.2 Å². The number of anilines is 3. The van der Waals surface area contributed by atoms with Gasteiger partial charge in [-0.3, -0.25) is 4.79 Å². The Morgan fingerprint density at radius 3 is 2.45 bits per heavy atom. The molecule has 0 spiro atoms. The predicted molar refractivity (Wildman–Crippen MR) is 173 cm³/mol. The van der Waals surface area contributed by atoms with Gasteiger partial charge in [0, 0.05) is 27.7 Å². The summed E-state index contributed by atoms with van der Waals surface area (Å²) in [6.45, 7) is 8.18. The van der Waals surface area contributed by atoms with Crippen LogP contribution in [0.4, 0.5) is 21.2 Å². The van der Waals surface area contributed by atoms with Crippen molar-refractivity contribution in [2.24, 2.45) is 0 Å². The van der Waals surface area contributed by atoms with Crippen molar-refractivity contribution in [3.05, 3.63) is 70.1 Å². The van der Waals surface area contributed by atoms with E-state index < -0.39 is 17.7 Å². The molecule has 0 bridgehead atoms. The Morgan fingerprint density at radius 1 is 1.05 bits per heavy atom. The molecule has 0 saturated heterocycles. The molecule has 0 unspecified atom stereocenters. The van der Waals surface area contributed by atoms with Crippen molar-refractivity contribution in [1.29, 1.82) is 0 Å². The van der Waals surface area contributed by atoms with E-state index in [2.05, 4.69) is 16.0 Å². The van der Waals surface area contributed by atoms with Crippen molar-refractivity contribution in [3.8, 4) is 0 Å². The zero-order valence-corrected chi connectivity index (χ0v) is 26.6. The van der Waals surface area contributed by atoms with Crippen molar-refractivity contribution in [2.75, 3.05) is 35.4 Å². The number of methoxy groups -OCH3 is 1. The molecule has 0 aliphatic carbocycles. The van der Waals surface area contributed by atoms with Crippen LogP contribution in [0.2, 0.25) is 0 Å². The second-order valence-corrected chi connectivity index (χ2v) is 13.2. The summed E-state index contributed by atoms with van der Waals surface area (Å²) >= 11 is 8.08. The zero-order valence-electron chi connectivity index (χ0n) is 24.2. The number of thioether (sulfide) groups is 1. The van der Waals surface area contributed by atoms with Gasteiger partial charge in [0.2, 0.25) is 5.91 Å². The van der Waals surface area contributed by atoms with Gasteiger partial charge in [0.15, 0.2) is 5.11 Å².